The molecule has 0 fully saturated rings. The summed E-state index contributed by atoms with van der Waals surface area (Å²) in [6.07, 6.45) is 0. The molecule has 0 amide bonds. The molecule has 0 aliphatic carbocycles. The van der Waals surface area contributed by atoms with Gasteiger partial charge in [0.15, 0.2) is 11.0 Å². The maximum atomic E-state index is 12.4. The fourth-order valence-corrected chi connectivity index (χ4v) is 2.73. The molecule has 1 aromatic rings. The van der Waals surface area contributed by atoms with Crippen molar-refractivity contribution in [3.05, 3.63) is 29.8 Å². The first kappa shape index (κ1) is 19.0. The summed E-state index contributed by atoms with van der Waals surface area (Å²) >= 11 is 0. The summed E-state index contributed by atoms with van der Waals surface area (Å²) in [4.78, 5) is 0.628. The second-order valence-electron chi connectivity index (χ2n) is 4.59. The number of nitrogens with zero attached hydrogens (tertiary/aromatic N) is 1. The largest absolute Gasteiger partial charge is 0.326 e. The van der Waals surface area contributed by atoms with Crippen molar-refractivity contribution in [3.63, 3.8) is 0 Å². The van der Waals surface area contributed by atoms with Crippen LogP contribution < -0.4 is 0 Å². The van der Waals surface area contributed by atoms with Crippen LogP contribution in [-0.2, 0) is 25.2 Å². The molecule has 0 radical (unpaired) electrons. The van der Waals surface area contributed by atoms with Crippen molar-refractivity contribution in [2.75, 3.05) is 19.8 Å². The highest BCUT2D eigenvalue weighted by Gasteiger charge is 2.37. The van der Waals surface area contributed by atoms with Gasteiger partial charge in [-0.25, -0.2) is 4.21 Å². The number of benzene rings is 1. The van der Waals surface area contributed by atoms with Crippen LogP contribution in [0.2, 0.25) is 0 Å². The normalized spacial score (nSPS) is 14.1. The molecule has 0 aliphatic heterocycles. The molecule has 0 heterocycles. The minimum Gasteiger partial charge on any atom is -0.323 e. The van der Waals surface area contributed by atoms with Gasteiger partial charge >= 0.3 is 5.97 Å². The molecular formula is C16H25NO4S. The fraction of sp³-hybridized carbons (Fsp3) is 0.562. The second kappa shape index (κ2) is 9.15. The van der Waals surface area contributed by atoms with Gasteiger partial charge in [0, 0.05) is 0 Å². The first-order valence-electron chi connectivity index (χ1n) is 7.45. The van der Waals surface area contributed by atoms with Crippen LogP contribution in [0, 0.1) is 6.92 Å². The average molecular weight is 327 g/mol. The molecule has 5 nitrogen and oxygen atoms in total. The van der Waals surface area contributed by atoms with Crippen LogP contribution >= 0.6 is 0 Å². The summed E-state index contributed by atoms with van der Waals surface area (Å²) in [6.45, 7) is 10.4. The summed E-state index contributed by atoms with van der Waals surface area (Å²) in [5.74, 6) is -1.38. The van der Waals surface area contributed by atoms with Gasteiger partial charge in [-0.05, 0) is 46.8 Å². The van der Waals surface area contributed by atoms with Crippen LogP contribution in [0.5, 0.6) is 0 Å². The van der Waals surface area contributed by atoms with Gasteiger partial charge in [0.2, 0.25) is 0 Å². The Morgan fingerprint density at radius 2 is 1.50 bits per heavy atom. The molecule has 1 aromatic carbocycles. The number of hydrogen-bond donors (Lipinski definition) is 0. The monoisotopic (exact) mass is 327 g/mol. The van der Waals surface area contributed by atoms with Crippen LogP contribution in [-0.4, -0.2) is 35.7 Å². The van der Waals surface area contributed by atoms with Crippen molar-refractivity contribution in [3.8, 4) is 0 Å². The molecule has 1 unspecified atom stereocenters. The van der Waals surface area contributed by atoms with E-state index in [1.165, 1.54) is 0 Å². The van der Waals surface area contributed by atoms with Crippen molar-refractivity contribution in [2.24, 2.45) is 4.40 Å². The van der Waals surface area contributed by atoms with Gasteiger partial charge in [0.05, 0.1) is 24.7 Å². The molecule has 0 saturated carbocycles. The van der Waals surface area contributed by atoms with Crippen molar-refractivity contribution in [2.45, 2.75) is 45.5 Å². The molecule has 6 heteroatoms. The molecule has 0 saturated heterocycles. The summed E-state index contributed by atoms with van der Waals surface area (Å²) < 4.78 is 33.5. The van der Waals surface area contributed by atoms with Gasteiger partial charge < -0.3 is 14.2 Å². The Bertz CT molecular complexity index is 496. The standard InChI is InChI=1S/C16H25NO4S/c1-6-19-16(20-7-2,21-8-3)14(5)17-22(18)15-11-9-13(4)10-12-15/h9-12H,6-8H2,1-5H3/b17-14+. The van der Waals surface area contributed by atoms with Crippen LogP contribution in [0.4, 0.5) is 0 Å². The smallest absolute Gasteiger partial charge is 0.323 e. The third-order valence-electron chi connectivity index (χ3n) is 2.89. The van der Waals surface area contributed by atoms with Gasteiger partial charge in [-0.3, -0.25) is 0 Å². The van der Waals surface area contributed by atoms with Crippen molar-refractivity contribution in [1.29, 1.82) is 0 Å². The Kier molecular flexibility index (Phi) is 7.89. The van der Waals surface area contributed by atoms with Crippen LogP contribution in [0.3, 0.4) is 0 Å². The van der Waals surface area contributed by atoms with Gasteiger partial charge in [-0.15, -0.1) is 0 Å². The van der Waals surface area contributed by atoms with E-state index in [4.69, 9.17) is 14.2 Å². The lowest BCUT2D eigenvalue weighted by atomic mass is 10.2. The summed E-state index contributed by atoms with van der Waals surface area (Å²) in [5, 5.41) is 0. The molecule has 1 atom stereocenters. The van der Waals surface area contributed by atoms with E-state index < -0.39 is 17.0 Å². The molecule has 1 rings (SSSR count). The minimum atomic E-state index is -1.53. The zero-order valence-electron chi connectivity index (χ0n) is 13.9. The second-order valence-corrected chi connectivity index (χ2v) is 5.75. The highest BCUT2D eigenvalue weighted by molar-refractivity contribution is 7.83. The topological polar surface area (TPSA) is 57.1 Å². The average Bonchev–Trinajstić information content (AvgIpc) is 2.48. The summed E-state index contributed by atoms with van der Waals surface area (Å²) in [5.41, 5.74) is 1.51. The number of hydrogen-bond acceptors (Lipinski definition) is 4. The van der Waals surface area contributed by atoms with E-state index in [1.54, 1.807) is 19.1 Å². The van der Waals surface area contributed by atoms with Crippen LogP contribution in [0.1, 0.15) is 33.3 Å². The maximum Gasteiger partial charge on any atom is 0.326 e. The van der Waals surface area contributed by atoms with Gasteiger partial charge in [0.25, 0.3) is 0 Å². The van der Waals surface area contributed by atoms with Crippen LogP contribution in [0.25, 0.3) is 0 Å². The third kappa shape index (κ3) is 4.98. The molecule has 124 valence electrons. The third-order valence-corrected chi connectivity index (χ3v) is 4.00. The Hall–Kier alpha value is -1.08. The highest BCUT2D eigenvalue weighted by atomic mass is 32.2. The van der Waals surface area contributed by atoms with Gasteiger partial charge in [-0.2, -0.15) is 4.40 Å². The summed E-state index contributed by atoms with van der Waals surface area (Å²) in [6, 6.07) is 7.40. The van der Waals surface area contributed by atoms with E-state index in [2.05, 4.69) is 4.40 Å². The lowest BCUT2D eigenvalue weighted by molar-refractivity contribution is -0.331. The highest BCUT2D eigenvalue weighted by Crippen LogP contribution is 2.20. The first-order chi connectivity index (χ1) is 10.5. The van der Waals surface area contributed by atoms with Crippen molar-refractivity contribution >= 4 is 16.7 Å². The van der Waals surface area contributed by atoms with Gasteiger partial charge in [0.1, 0.15) is 5.71 Å². The Labute approximate surface area is 135 Å². The quantitative estimate of drug-likeness (QED) is 0.516. The minimum absolute atomic E-state index is 0.393. The van der Waals surface area contributed by atoms with Crippen molar-refractivity contribution in [1.82, 2.24) is 0 Å². The van der Waals surface area contributed by atoms with Crippen molar-refractivity contribution < 1.29 is 18.4 Å². The van der Waals surface area contributed by atoms with E-state index >= 15 is 0 Å². The number of rotatable bonds is 9. The predicted octanol–water partition coefficient (Wildman–Crippen LogP) is 3.24. The SMILES string of the molecule is CCOC(OCC)(OCC)/C(C)=N/S(=O)c1ccc(C)cc1. The zero-order chi connectivity index (χ0) is 16.6. The summed E-state index contributed by atoms with van der Waals surface area (Å²) in [7, 11) is -1.53. The predicted molar refractivity (Wildman–Crippen MR) is 88.3 cm³/mol. The van der Waals surface area contributed by atoms with E-state index in [1.807, 2.05) is 39.8 Å². The van der Waals surface area contributed by atoms with E-state index in [0.29, 0.717) is 30.4 Å². The Morgan fingerprint density at radius 1 is 1.05 bits per heavy atom. The lowest BCUT2D eigenvalue weighted by Gasteiger charge is -2.31. The first-order valence-corrected chi connectivity index (χ1v) is 8.55. The van der Waals surface area contributed by atoms with Gasteiger partial charge in [-0.1, -0.05) is 17.7 Å². The Morgan fingerprint density at radius 3 is 1.91 bits per heavy atom. The molecule has 0 bridgehead atoms. The number of aryl methyl sites for hydroxylation is 1. The molecule has 0 aliphatic rings. The Balaban J connectivity index is 3.07. The molecule has 0 aromatic heterocycles. The van der Waals surface area contributed by atoms with Crippen LogP contribution in [0.15, 0.2) is 33.6 Å². The van der Waals surface area contributed by atoms with E-state index in [-0.39, 0.29) is 0 Å². The molecular weight excluding hydrogens is 302 g/mol. The zero-order valence-corrected chi connectivity index (χ0v) is 14.7. The molecule has 0 N–H and O–H groups in total. The fourth-order valence-electron chi connectivity index (χ4n) is 1.90. The molecule has 22 heavy (non-hydrogen) atoms. The van der Waals surface area contributed by atoms with E-state index in [0.717, 1.165) is 5.56 Å². The molecule has 0 spiro atoms. The number of ether oxygens (including phenoxy) is 3. The van der Waals surface area contributed by atoms with E-state index in [9.17, 15) is 4.21 Å². The lowest BCUT2D eigenvalue weighted by Crippen LogP contribution is -2.46. The maximum absolute atomic E-state index is 12.4.